The molecule has 106 valence electrons. The number of benzene rings is 1. The first-order chi connectivity index (χ1) is 9.33. The highest BCUT2D eigenvalue weighted by Gasteiger charge is 2.19. The average molecular weight is 264 g/mol. The SMILES string of the molecule is CNCC1CN(CCc2ccccc2OC)CCO1. The fraction of sp³-hybridized carbons (Fsp3) is 0.600. The third kappa shape index (κ3) is 4.20. The normalized spacial score (nSPS) is 20.4. The summed E-state index contributed by atoms with van der Waals surface area (Å²) in [6.45, 7) is 4.85. The Bertz CT molecular complexity index is 382. The van der Waals surface area contributed by atoms with Crippen molar-refractivity contribution in [3.8, 4) is 5.75 Å². The van der Waals surface area contributed by atoms with Crippen molar-refractivity contribution >= 4 is 0 Å². The van der Waals surface area contributed by atoms with Crippen LogP contribution in [0.25, 0.3) is 0 Å². The van der Waals surface area contributed by atoms with Gasteiger partial charge < -0.3 is 14.8 Å². The summed E-state index contributed by atoms with van der Waals surface area (Å²) in [6.07, 6.45) is 1.34. The minimum atomic E-state index is 0.316. The zero-order valence-corrected chi connectivity index (χ0v) is 11.9. The first kappa shape index (κ1) is 14.3. The van der Waals surface area contributed by atoms with Gasteiger partial charge in [0.15, 0.2) is 0 Å². The summed E-state index contributed by atoms with van der Waals surface area (Å²) in [5.41, 5.74) is 1.28. The number of para-hydroxylation sites is 1. The molecule has 19 heavy (non-hydrogen) atoms. The number of nitrogens with zero attached hydrogens (tertiary/aromatic N) is 1. The van der Waals surface area contributed by atoms with Crippen molar-refractivity contribution in [2.45, 2.75) is 12.5 Å². The number of morpholine rings is 1. The lowest BCUT2D eigenvalue weighted by Crippen LogP contribution is -2.46. The number of hydrogen-bond donors (Lipinski definition) is 1. The van der Waals surface area contributed by atoms with Gasteiger partial charge in [0.05, 0.1) is 19.8 Å². The molecule has 4 heteroatoms. The van der Waals surface area contributed by atoms with Crippen molar-refractivity contribution in [2.24, 2.45) is 0 Å². The van der Waals surface area contributed by atoms with Crippen molar-refractivity contribution < 1.29 is 9.47 Å². The molecular formula is C15H24N2O2. The van der Waals surface area contributed by atoms with Crippen LogP contribution in [0.4, 0.5) is 0 Å². The quantitative estimate of drug-likeness (QED) is 0.836. The summed E-state index contributed by atoms with van der Waals surface area (Å²) in [5.74, 6) is 0.988. The van der Waals surface area contributed by atoms with Gasteiger partial charge in [-0.25, -0.2) is 0 Å². The molecule has 0 radical (unpaired) electrons. The molecule has 0 aromatic heterocycles. The van der Waals surface area contributed by atoms with Gasteiger partial charge in [-0.15, -0.1) is 0 Å². The van der Waals surface area contributed by atoms with E-state index in [9.17, 15) is 0 Å². The van der Waals surface area contributed by atoms with E-state index in [0.717, 1.165) is 45.0 Å². The minimum absolute atomic E-state index is 0.316. The molecule has 1 aliphatic rings. The molecule has 1 saturated heterocycles. The Morgan fingerprint density at radius 1 is 1.42 bits per heavy atom. The number of ether oxygens (including phenoxy) is 2. The molecule has 1 fully saturated rings. The number of hydrogen-bond acceptors (Lipinski definition) is 4. The summed E-state index contributed by atoms with van der Waals surface area (Å²) in [6, 6.07) is 8.25. The molecule has 1 heterocycles. The predicted molar refractivity (Wildman–Crippen MR) is 76.8 cm³/mol. The van der Waals surface area contributed by atoms with Crippen molar-refractivity contribution in [2.75, 3.05) is 46.9 Å². The van der Waals surface area contributed by atoms with Crippen LogP contribution in [0.2, 0.25) is 0 Å². The largest absolute Gasteiger partial charge is 0.496 e. The van der Waals surface area contributed by atoms with E-state index < -0.39 is 0 Å². The molecule has 0 amide bonds. The second-order valence-corrected chi connectivity index (χ2v) is 4.91. The van der Waals surface area contributed by atoms with E-state index in [1.807, 2.05) is 19.2 Å². The fourth-order valence-electron chi connectivity index (χ4n) is 2.52. The Kier molecular flexibility index (Phi) is 5.63. The first-order valence-electron chi connectivity index (χ1n) is 6.94. The van der Waals surface area contributed by atoms with Crippen LogP contribution in [0.15, 0.2) is 24.3 Å². The Morgan fingerprint density at radius 3 is 3.05 bits per heavy atom. The smallest absolute Gasteiger partial charge is 0.122 e. The van der Waals surface area contributed by atoms with Crippen LogP contribution in [-0.2, 0) is 11.2 Å². The monoisotopic (exact) mass is 264 g/mol. The van der Waals surface area contributed by atoms with E-state index in [1.165, 1.54) is 5.56 Å². The molecule has 2 rings (SSSR count). The highest BCUT2D eigenvalue weighted by molar-refractivity contribution is 5.33. The number of likely N-dealkylation sites (N-methyl/N-ethyl adjacent to an activating group) is 1. The van der Waals surface area contributed by atoms with Crippen LogP contribution < -0.4 is 10.1 Å². The molecule has 1 aromatic carbocycles. The topological polar surface area (TPSA) is 33.7 Å². The van der Waals surface area contributed by atoms with Crippen LogP contribution in [0.1, 0.15) is 5.56 Å². The maximum atomic E-state index is 5.72. The van der Waals surface area contributed by atoms with Gasteiger partial charge in [-0.05, 0) is 25.1 Å². The molecule has 0 bridgehead atoms. The molecule has 1 aromatic rings. The molecule has 1 aliphatic heterocycles. The van der Waals surface area contributed by atoms with Gasteiger partial charge in [0, 0.05) is 26.2 Å². The van der Waals surface area contributed by atoms with E-state index in [1.54, 1.807) is 7.11 Å². The van der Waals surface area contributed by atoms with E-state index in [2.05, 4.69) is 22.3 Å². The molecular weight excluding hydrogens is 240 g/mol. The maximum Gasteiger partial charge on any atom is 0.122 e. The third-order valence-electron chi connectivity index (χ3n) is 3.54. The number of nitrogens with one attached hydrogen (secondary N) is 1. The summed E-state index contributed by atoms with van der Waals surface area (Å²) < 4.78 is 11.1. The summed E-state index contributed by atoms with van der Waals surface area (Å²) in [5, 5.41) is 3.18. The van der Waals surface area contributed by atoms with Gasteiger partial charge in [-0.2, -0.15) is 0 Å². The van der Waals surface area contributed by atoms with Gasteiger partial charge in [0.1, 0.15) is 5.75 Å². The predicted octanol–water partition coefficient (Wildman–Crippen LogP) is 1.16. The highest BCUT2D eigenvalue weighted by atomic mass is 16.5. The molecule has 0 aliphatic carbocycles. The minimum Gasteiger partial charge on any atom is -0.496 e. The maximum absolute atomic E-state index is 5.72. The molecule has 4 nitrogen and oxygen atoms in total. The number of methoxy groups -OCH3 is 1. The Morgan fingerprint density at radius 2 is 2.26 bits per heavy atom. The van der Waals surface area contributed by atoms with Gasteiger partial charge >= 0.3 is 0 Å². The highest BCUT2D eigenvalue weighted by Crippen LogP contribution is 2.18. The molecule has 1 atom stereocenters. The second-order valence-electron chi connectivity index (χ2n) is 4.91. The fourth-order valence-corrected chi connectivity index (χ4v) is 2.52. The lowest BCUT2D eigenvalue weighted by Gasteiger charge is -2.32. The lowest BCUT2D eigenvalue weighted by molar-refractivity contribution is -0.0258. The molecule has 0 saturated carbocycles. The van der Waals surface area contributed by atoms with E-state index >= 15 is 0 Å². The Balaban J connectivity index is 1.84. The van der Waals surface area contributed by atoms with Gasteiger partial charge in [-0.1, -0.05) is 18.2 Å². The van der Waals surface area contributed by atoms with E-state index in [-0.39, 0.29) is 0 Å². The van der Waals surface area contributed by atoms with E-state index in [0.29, 0.717) is 6.10 Å². The van der Waals surface area contributed by atoms with Crippen LogP contribution in [0, 0.1) is 0 Å². The van der Waals surface area contributed by atoms with E-state index in [4.69, 9.17) is 9.47 Å². The van der Waals surface area contributed by atoms with Gasteiger partial charge in [0.25, 0.3) is 0 Å². The Hall–Kier alpha value is -1.10. The zero-order valence-electron chi connectivity index (χ0n) is 11.9. The lowest BCUT2D eigenvalue weighted by atomic mass is 10.1. The molecule has 0 spiro atoms. The Labute approximate surface area is 115 Å². The van der Waals surface area contributed by atoms with Crippen LogP contribution >= 0.6 is 0 Å². The standard InChI is InChI=1S/C15H24N2O2/c1-16-11-14-12-17(9-10-19-14)8-7-13-5-3-4-6-15(13)18-2/h3-6,14,16H,7-12H2,1-2H3. The molecule has 1 unspecified atom stereocenters. The van der Waals surface area contributed by atoms with Gasteiger partial charge in [0.2, 0.25) is 0 Å². The van der Waals surface area contributed by atoms with Crippen LogP contribution in [-0.4, -0.2) is 57.9 Å². The summed E-state index contributed by atoms with van der Waals surface area (Å²) >= 11 is 0. The van der Waals surface area contributed by atoms with Crippen LogP contribution in [0.5, 0.6) is 5.75 Å². The second kappa shape index (κ2) is 7.48. The third-order valence-corrected chi connectivity index (χ3v) is 3.54. The van der Waals surface area contributed by atoms with Crippen molar-refractivity contribution in [3.63, 3.8) is 0 Å². The molecule has 1 N–H and O–H groups in total. The number of rotatable bonds is 6. The van der Waals surface area contributed by atoms with Crippen LogP contribution in [0.3, 0.4) is 0 Å². The van der Waals surface area contributed by atoms with Crippen molar-refractivity contribution in [1.82, 2.24) is 10.2 Å². The van der Waals surface area contributed by atoms with Gasteiger partial charge in [-0.3, -0.25) is 4.90 Å². The summed E-state index contributed by atoms with van der Waals surface area (Å²) in [7, 11) is 3.70. The van der Waals surface area contributed by atoms with Crippen molar-refractivity contribution in [3.05, 3.63) is 29.8 Å². The zero-order chi connectivity index (χ0) is 13.5. The average Bonchev–Trinajstić information content (AvgIpc) is 2.46. The first-order valence-corrected chi connectivity index (χ1v) is 6.94. The van der Waals surface area contributed by atoms with Crippen molar-refractivity contribution in [1.29, 1.82) is 0 Å². The summed E-state index contributed by atoms with van der Waals surface area (Å²) in [4.78, 5) is 2.47.